The van der Waals surface area contributed by atoms with E-state index >= 15 is 0 Å². The van der Waals surface area contributed by atoms with Crippen molar-refractivity contribution in [1.82, 2.24) is 9.55 Å². The SMILES string of the molecule is NCc1cncn1C1CCCOC1. The lowest BCUT2D eigenvalue weighted by atomic mass is 10.1. The fraction of sp³-hybridized carbons (Fsp3) is 0.667. The second kappa shape index (κ2) is 3.89. The highest BCUT2D eigenvalue weighted by atomic mass is 16.5. The van der Waals surface area contributed by atoms with Gasteiger partial charge in [0.15, 0.2) is 0 Å². The van der Waals surface area contributed by atoms with E-state index in [9.17, 15) is 0 Å². The predicted molar refractivity (Wildman–Crippen MR) is 49.2 cm³/mol. The van der Waals surface area contributed by atoms with Gasteiger partial charge in [0.2, 0.25) is 0 Å². The summed E-state index contributed by atoms with van der Waals surface area (Å²) in [6, 6.07) is 0.440. The molecule has 0 spiro atoms. The fourth-order valence-corrected chi connectivity index (χ4v) is 1.76. The van der Waals surface area contributed by atoms with Crippen LogP contribution in [0.15, 0.2) is 12.5 Å². The molecule has 1 aliphatic rings. The maximum absolute atomic E-state index is 5.60. The van der Waals surface area contributed by atoms with Gasteiger partial charge in [0.1, 0.15) is 0 Å². The minimum Gasteiger partial charge on any atom is -0.379 e. The molecule has 4 heteroatoms. The van der Waals surface area contributed by atoms with Crippen LogP contribution < -0.4 is 5.73 Å². The number of rotatable bonds is 2. The molecule has 1 aromatic rings. The molecule has 2 N–H and O–H groups in total. The lowest BCUT2D eigenvalue weighted by Gasteiger charge is -2.24. The minimum absolute atomic E-state index is 0.440. The summed E-state index contributed by atoms with van der Waals surface area (Å²) in [5.41, 5.74) is 6.69. The first kappa shape index (κ1) is 8.72. The summed E-state index contributed by atoms with van der Waals surface area (Å²) < 4.78 is 7.55. The maximum Gasteiger partial charge on any atom is 0.0952 e. The second-order valence-electron chi connectivity index (χ2n) is 3.37. The van der Waals surface area contributed by atoms with Crippen LogP contribution in [0.3, 0.4) is 0 Å². The highest BCUT2D eigenvalue weighted by Crippen LogP contribution is 2.20. The van der Waals surface area contributed by atoms with Gasteiger partial charge in [-0.2, -0.15) is 0 Å². The van der Waals surface area contributed by atoms with Crippen LogP contribution in [0.1, 0.15) is 24.6 Å². The molecule has 0 aromatic carbocycles. The monoisotopic (exact) mass is 181 g/mol. The Hall–Kier alpha value is -0.870. The number of hydrogen-bond acceptors (Lipinski definition) is 3. The van der Waals surface area contributed by atoms with Gasteiger partial charge >= 0.3 is 0 Å². The van der Waals surface area contributed by atoms with E-state index in [1.165, 1.54) is 6.42 Å². The molecule has 1 aromatic heterocycles. The van der Waals surface area contributed by atoms with E-state index in [0.717, 1.165) is 25.3 Å². The van der Waals surface area contributed by atoms with Crippen molar-refractivity contribution in [2.45, 2.75) is 25.4 Å². The van der Waals surface area contributed by atoms with Crippen molar-refractivity contribution < 1.29 is 4.74 Å². The smallest absolute Gasteiger partial charge is 0.0952 e. The molecular formula is C9H15N3O. The Morgan fingerprint density at radius 2 is 2.62 bits per heavy atom. The Morgan fingerprint density at radius 1 is 1.69 bits per heavy atom. The van der Waals surface area contributed by atoms with Gasteiger partial charge in [-0.3, -0.25) is 0 Å². The van der Waals surface area contributed by atoms with E-state index in [-0.39, 0.29) is 0 Å². The largest absolute Gasteiger partial charge is 0.379 e. The second-order valence-corrected chi connectivity index (χ2v) is 3.37. The lowest BCUT2D eigenvalue weighted by molar-refractivity contribution is 0.0583. The summed E-state index contributed by atoms with van der Waals surface area (Å²) >= 11 is 0. The molecule has 2 rings (SSSR count). The summed E-state index contributed by atoms with van der Waals surface area (Å²) in [5.74, 6) is 0. The fourth-order valence-electron chi connectivity index (χ4n) is 1.76. The number of hydrogen-bond donors (Lipinski definition) is 1. The van der Waals surface area contributed by atoms with Gasteiger partial charge in [0.25, 0.3) is 0 Å². The van der Waals surface area contributed by atoms with Crippen molar-refractivity contribution in [1.29, 1.82) is 0 Å². The van der Waals surface area contributed by atoms with Crippen molar-refractivity contribution in [3.05, 3.63) is 18.2 Å². The van der Waals surface area contributed by atoms with E-state index < -0.39 is 0 Å². The van der Waals surface area contributed by atoms with Gasteiger partial charge in [-0.05, 0) is 12.8 Å². The van der Waals surface area contributed by atoms with E-state index in [0.29, 0.717) is 12.6 Å². The van der Waals surface area contributed by atoms with E-state index in [1.807, 2.05) is 12.5 Å². The zero-order valence-corrected chi connectivity index (χ0v) is 7.65. The van der Waals surface area contributed by atoms with E-state index in [1.54, 1.807) is 0 Å². The van der Waals surface area contributed by atoms with E-state index in [4.69, 9.17) is 10.5 Å². The first-order valence-corrected chi connectivity index (χ1v) is 4.70. The van der Waals surface area contributed by atoms with Crippen molar-refractivity contribution in [2.24, 2.45) is 5.73 Å². The molecule has 0 bridgehead atoms. The Kier molecular flexibility index (Phi) is 2.61. The third kappa shape index (κ3) is 1.73. The zero-order valence-electron chi connectivity index (χ0n) is 7.65. The third-order valence-corrected chi connectivity index (χ3v) is 2.49. The summed E-state index contributed by atoms with van der Waals surface area (Å²) in [5, 5.41) is 0. The lowest BCUT2D eigenvalue weighted by Crippen LogP contribution is -2.22. The summed E-state index contributed by atoms with van der Waals surface area (Å²) in [4.78, 5) is 4.10. The molecule has 0 amide bonds. The molecule has 2 heterocycles. The molecule has 0 aliphatic carbocycles. The summed E-state index contributed by atoms with van der Waals surface area (Å²) in [6.07, 6.45) is 5.98. The van der Waals surface area contributed by atoms with Gasteiger partial charge in [0, 0.05) is 19.3 Å². The standard InChI is InChI=1S/C9H15N3O/c10-4-9-5-11-7-12(9)8-2-1-3-13-6-8/h5,7-8H,1-4,6,10H2. The number of imidazole rings is 1. The zero-order chi connectivity index (χ0) is 9.10. The minimum atomic E-state index is 0.440. The van der Waals surface area contributed by atoms with Crippen LogP contribution in [-0.4, -0.2) is 22.8 Å². The predicted octanol–water partition coefficient (Wildman–Crippen LogP) is 0.693. The molecule has 1 aliphatic heterocycles. The van der Waals surface area contributed by atoms with Crippen LogP contribution in [0, 0.1) is 0 Å². The van der Waals surface area contributed by atoms with Crippen LogP contribution in [0.25, 0.3) is 0 Å². The maximum atomic E-state index is 5.60. The molecule has 1 fully saturated rings. The molecule has 1 saturated heterocycles. The van der Waals surface area contributed by atoms with Crippen LogP contribution in [0.4, 0.5) is 0 Å². The van der Waals surface area contributed by atoms with Crippen molar-refractivity contribution in [3.63, 3.8) is 0 Å². The van der Waals surface area contributed by atoms with Gasteiger partial charge in [0.05, 0.1) is 24.7 Å². The quantitative estimate of drug-likeness (QED) is 0.730. The molecule has 0 radical (unpaired) electrons. The van der Waals surface area contributed by atoms with Crippen molar-refractivity contribution in [3.8, 4) is 0 Å². The van der Waals surface area contributed by atoms with Crippen LogP contribution in [0.2, 0.25) is 0 Å². The summed E-state index contributed by atoms with van der Waals surface area (Å²) in [7, 11) is 0. The third-order valence-electron chi connectivity index (χ3n) is 2.49. The molecule has 1 atom stereocenters. The average Bonchev–Trinajstić information content (AvgIpc) is 2.67. The first-order valence-electron chi connectivity index (χ1n) is 4.70. The van der Waals surface area contributed by atoms with Crippen molar-refractivity contribution >= 4 is 0 Å². The van der Waals surface area contributed by atoms with Gasteiger partial charge in [-0.15, -0.1) is 0 Å². The Labute approximate surface area is 77.7 Å². The topological polar surface area (TPSA) is 53.1 Å². The number of aromatic nitrogens is 2. The van der Waals surface area contributed by atoms with Crippen LogP contribution in [0.5, 0.6) is 0 Å². The van der Waals surface area contributed by atoms with Crippen LogP contribution >= 0.6 is 0 Å². The normalized spacial score (nSPS) is 23.3. The molecule has 13 heavy (non-hydrogen) atoms. The van der Waals surface area contributed by atoms with Crippen molar-refractivity contribution in [2.75, 3.05) is 13.2 Å². The van der Waals surface area contributed by atoms with Gasteiger partial charge in [-0.1, -0.05) is 0 Å². The highest BCUT2D eigenvalue weighted by Gasteiger charge is 2.17. The number of nitrogens with zero attached hydrogens (tertiary/aromatic N) is 2. The molecule has 1 unspecified atom stereocenters. The molecule has 0 saturated carbocycles. The first-order chi connectivity index (χ1) is 6.42. The number of ether oxygens (including phenoxy) is 1. The van der Waals surface area contributed by atoms with E-state index in [2.05, 4.69) is 9.55 Å². The number of nitrogens with two attached hydrogens (primary N) is 1. The Morgan fingerprint density at radius 3 is 3.31 bits per heavy atom. The summed E-state index contributed by atoms with van der Waals surface area (Å²) in [6.45, 7) is 2.24. The molecule has 4 nitrogen and oxygen atoms in total. The molecular weight excluding hydrogens is 166 g/mol. The highest BCUT2D eigenvalue weighted by molar-refractivity contribution is 4.99. The Bertz CT molecular complexity index is 266. The average molecular weight is 181 g/mol. The van der Waals surface area contributed by atoms with Gasteiger partial charge < -0.3 is 15.0 Å². The Balaban J connectivity index is 2.13. The molecule has 72 valence electrons. The van der Waals surface area contributed by atoms with Gasteiger partial charge in [-0.25, -0.2) is 4.98 Å². The van der Waals surface area contributed by atoms with Crippen LogP contribution in [-0.2, 0) is 11.3 Å².